The number of amides is 1. The summed E-state index contributed by atoms with van der Waals surface area (Å²) in [6.45, 7) is 0.209. The Labute approximate surface area is 186 Å². The van der Waals surface area contributed by atoms with Crippen LogP contribution < -0.4 is 5.32 Å². The zero-order valence-electron chi connectivity index (χ0n) is 17.8. The van der Waals surface area contributed by atoms with Crippen molar-refractivity contribution in [1.82, 2.24) is 5.32 Å². The lowest BCUT2D eigenvalue weighted by Gasteiger charge is -2.63. The molecule has 0 heterocycles. The summed E-state index contributed by atoms with van der Waals surface area (Å²) in [5.74, 6) is 1.34. The van der Waals surface area contributed by atoms with Gasteiger partial charge in [0.15, 0.2) is 0 Å². The number of hydrogen-bond donors (Lipinski definition) is 2. The van der Waals surface area contributed by atoms with Crippen molar-refractivity contribution in [3.63, 3.8) is 0 Å². The number of carbonyl (C=O) groups excluding carboxylic acids is 1. The van der Waals surface area contributed by atoms with Crippen LogP contribution in [-0.4, -0.2) is 17.1 Å². The van der Waals surface area contributed by atoms with Gasteiger partial charge in [0.1, 0.15) is 0 Å². The normalized spacial score (nSPS) is 33.3. The van der Waals surface area contributed by atoms with E-state index in [0.29, 0.717) is 35.7 Å². The van der Waals surface area contributed by atoms with E-state index in [2.05, 4.69) is 17.4 Å². The molecular weight excluding hydrogens is 415 g/mol. The van der Waals surface area contributed by atoms with E-state index in [1.807, 2.05) is 18.2 Å². The Morgan fingerprint density at radius 2 is 1.50 bits per heavy atom. The number of carbonyl (C=O) groups is 1. The molecule has 0 aromatic heterocycles. The van der Waals surface area contributed by atoms with Gasteiger partial charge in [-0.05, 0) is 72.6 Å². The maximum Gasteiger partial charge on any atom is 0.416 e. The van der Waals surface area contributed by atoms with Crippen molar-refractivity contribution in [2.24, 2.45) is 23.7 Å². The van der Waals surface area contributed by atoms with Crippen LogP contribution in [0.25, 0.3) is 0 Å². The van der Waals surface area contributed by atoms with Crippen molar-refractivity contribution in [3.8, 4) is 0 Å². The van der Waals surface area contributed by atoms with E-state index in [1.165, 1.54) is 17.7 Å². The number of alkyl halides is 3. The average Bonchev–Trinajstić information content (AvgIpc) is 2.76. The maximum atomic E-state index is 13.1. The van der Waals surface area contributed by atoms with Gasteiger partial charge in [-0.1, -0.05) is 42.5 Å². The van der Waals surface area contributed by atoms with Gasteiger partial charge in [-0.25, -0.2) is 0 Å². The first-order valence-electron chi connectivity index (χ1n) is 11.4. The highest BCUT2D eigenvalue weighted by Crippen LogP contribution is 2.64. The molecule has 4 aliphatic carbocycles. The maximum absolute atomic E-state index is 13.1. The van der Waals surface area contributed by atoms with Gasteiger partial charge < -0.3 is 10.4 Å². The van der Waals surface area contributed by atoms with Crippen LogP contribution in [0.15, 0.2) is 54.6 Å². The Balaban J connectivity index is 1.34. The van der Waals surface area contributed by atoms with Crippen molar-refractivity contribution in [3.05, 3.63) is 71.3 Å². The van der Waals surface area contributed by atoms with Gasteiger partial charge >= 0.3 is 6.18 Å². The molecule has 2 N–H and O–H groups in total. The fourth-order valence-corrected chi connectivity index (χ4v) is 6.91. The number of hydrogen-bond acceptors (Lipinski definition) is 2. The highest BCUT2D eigenvalue weighted by atomic mass is 19.4. The number of halogens is 3. The summed E-state index contributed by atoms with van der Waals surface area (Å²) in [4.78, 5) is 13.1. The summed E-state index contributed by atoms with van der Waals surface area (Å²) in [6, 6.07) is 15.2. The first-order chi connectivity index (χ1) is 15.3. The van der Waals surface area contributed by atoms with E-state index < -0.39 is 11.7 Å². The second kappa shape index (κ2) is 7.91. The monoisotopic (exact) mass is 443 g/mol. The lowest BCUT2D eigenvalue weighted by atomic mass is 9.42. The molecule has 32 heavy (non-hydrogen) atoms. The molecule has 4 fully saturated rings. The number of aliphatic hydroxyl groups is 1. The van der Waals surface area contributed by atoms with Crippen LogP contribution in [0.5, 0.6) is 0 Å². The molecule has 0 aliphatic heterocycles. The molecule has 170 valence electrons. The predicted octanol–water partition coefficient (Wildman–Crippen LogP) is 5.08. The van der Waals surface area contributed by atoms with Crippen molar-refractivity contribution in [1.29, 1.82) is 0 Å². The quantitative estimate of drug-likeness (QED) is 0.677. The molecule has 4 saturated carbocycles. The number of rotatable bonds is 5. The fraction of sp³-hybridized carbons (Fsp3) is 0.500. The average molecular weight is 444 g/mol. The number of aliphatic hydroxyl groups excluding tert-OH is 1. The Morgan fingerprint density at radius 1 is 0.938 bits per heavy atom. The summed E-state index contributed by atoms with van der Waals surface area (Å²) in [5, 5.41) is 13.5. The second-order valence-corrected chi connectivity index (χ2v) is 9.90. The summed E-state index contributed by atoms with van der Waals surface area (Å²) in [5.41, 5.74) is 0.922. The van der Waals surface area contributed by atoms with Crippen LogP contribution in [-0.2, 0) is 22.9 Å². The zero-order valence-corrected chi connectivity index (χ0v) is 17.8. The van der Waals surface area contributed by atoms with Crippen LogP contribution in [0.4, 0.5) is 13.2 Å². The lowest BCUT2D eigenvalue weighted by Crippen LogP contribution is -2.61. The molecule has 0 unspecified atom stereocenters. The van der Waals surface area contributed by atoms with Gasteiger partial charge in [0.25, 0.3) is 0 Å². The highest BCUT2D eigenvalue weighted by molar-refractivity contribution is 5.78. The molecule has 0 atom stereocenters. The Morgan fingerprint density at radius 3 is 2.03 bits per heavy atom. The summed E-state index contributed by atoms with van der Waals surface area (Å²) in [7, 11) is 0. The largest absolute Gasteiger partial charge is 0.416 e. The minimum absolute atomic E-state index is 0.0678. The standard InChI is InChI=1S/C26H28F3NO2/c27-26(28,29)20-8-6-16(7-9-20)15-30-23(31)14-25(19-4-2-1-3-5-19)21-10-17-11-22(25)13-18(12-21)24(17)32/h1-9,17-18,21-22,24,32H,10-15H2,(H,30,31). The molecule has 0 spiro atoms. The Kier molecular flexibility index (Phi) is 5.31. The molecular formula is C26H28F3NO2. The third-order valence-corrected chi connectivity index (χ3v) is 8.31. The second-order valence-electron chi connectivity index (χ2n) is 9.90. The van der Waals surface area contributed by atoms with Crippen molar-refractivity contribution in [2.45, 2.75) is 56.3 Å². The van der Waals surface area contributed by atoms with Gasteiger partial charge in [-0.3, -0.25) is 4.79 Å². The van der Waals surface area contributed by atoms with Gasteiger partial charge in [0.2, 0.25) is 5.91 Å². The molecule has 1 amide bonds. The number of nitrogens with one attached hydrogen (secondary N) is 1. The van der Waals surface area contributed by atoms with Crippen molar-refractivity contribution in [2.75, 3.05) is 0 Å². The molecule has 4 bridgehead atoms. The summed E-state index contributed by atoms with van der Waals surface area (Å²) in [6.07, 6.45) is -0.376. The summed E-state index contributed by atoms with van der Waals surface area (Å²) < 4.78 is 38.3. The van der Waals surface area contributed by atoms with Crippen LogP contribution in [0.3, 0.4) is 0 Å². The lowest BCUT2D eigenvalue weighted by molar-refractivity contribution is -0.147. The van der Waals surface area contributed by atoms with Crippen molar-refractivity contribution < 1.29 is 23.1 Å². The molecule has 0 saturated heterocycles. The van der Waals surface area contributed by atoms with Gasteiger partial charge in [0.05, 0.1) is 11.7 Å². The van der Waals surface area contributed by atoms with Gasteiger partial charge in [0, 0.05) is 18.4 Å². The topological polar surface area (TPSA) is 49.3 Å². The van der Waals surface area contributed by atoms with E-state index in [0.717, 1.165) is 37.8 Å². The van der Waals surface area contributed by atoms with Gasteiger partial charge in [-0.2, -0.15) is 13.2 Å². The van der Waals surface area contributed by atoms with E-state index in [4.69, 9.17) is 0 Å². The SMILES string of the molecule is O=C(CC1(c2ccccc2)C2CC3CC1CC(C2)C3O)NCc1ccc(C(F)(F)F)cc1. The van der Waals surface area contributed by atoms with Crippen LogP contribution in [0, 0.1) is 23.7 Å². The molecule has 4 aliphatic rings. The molecule has 3 nitrogen and oxygen atoms in total. The molecule has 0 radical (unpaired) electrons. The predicted molar refractivity (Wildman–Crippen MR) is 114 cm³/mol. The Hall–Kier alpha value is -2.34. The summed E-state index contributed by atoms with van der Waals surface area (Å²) >= 11 is 0. The third kappa shape index (κ3) is 3.62. The molecule has 2 aromatic carbocycles. The first-order valence-corrected chi connectivity index (χ1v) is 11.4. The minimum atomic E-state index is -4.36. The minimum Gasteiger partial charge on any atom is -0.393 e. The van der Waals surface area contributed by atoms with Crippen LogP contribution in [0.2, 0.25) is 0 Å². The highest BCUT2D eigenvalue weighted by Gasteiger charge is 2.60. The van der Waals surface area contributed by atoms with E-state index >= 15 is 0 Å². The van der Waals surface area contributed by atoms with Crippen LogP contribution in [0.1, 0.15) is 48.8 Å². The van der Waals surface area contributed by atoms with E-state index in [9.17, 15) is 23.1 Å². The first kappa shape index (κ1) is 21.5. The molecule has 6 rings (SSSR count). The smallest absolute Gasteiger partial charge is 0.393 e. The van der Waals surface area contributed by atoms with Crippen LogP contribution >= 0.6 is 0 Å². The fourth-order valence-electron chi connectivity index (χ4n) is 6.91. The zero-order chi connectivity index (χ0) is 22.5. The molecule has 2 aromatic rings. The van der Waals surface area contributed by atoms with E-state index in [1.54, 1.807) is 0 Å². The number of benzene rings is 2. The van der Waals surface area contributed by atoms with Crippen molar-refractivity contribution >= 4 is 5.91 Å². The Bertz CT molecular complexity index is 941. The van der Waals surface area contributed by atoms with Gasteiger partial charge in [-0.15, -0.1) is 0 Å². The third-order valence-electron chi connectivity index (χ3n) is 8.31. The molecule has 6 heteroatoms. The van der Waals surface area contributed by atoms with E-state index in [-0.39, 0.29) is 24.0 Å².